The molecule has 0 aromatic heterocycles. The smallest absolute Gasteiger partial charge is 0.317 e. The van der Waals surface area contributed by atoms with E-state index in [2.05, 4.69) is 17.4 Å². The molecule has 2 rings (SSSR count). The van der Waals surface area contributed by atoms with Crippen molar-refractivity contribution in [3.05, 3.63) is 70.7 Å². The molecule has 0 fully saturated rings. The second kappa shape index (κ2) is 8.59. The lowest BCUT2D eigenvalue weighted by Crippen LogP contribution is -2.41. The molecule has 4 heteroatoms. The van der Waals surface area contributed by atoms with Crippen molar-refractivity contribution >= 4 is 17.6 Å². The zero-order chi connectivity index (χ0) is 16.7. The molecule has 1 atom stereocenters. The van der Waals surface area contributed by atoms with Crippen LogP contribution in [0.5, 0.6) is 0 Å². The van der Waals surface area contributed by atoms with Crippen LogP contribution < -0.4 is 5.32 Å². The zero-order valence-electron chi connectivity index (χ0n) is 13.6. The second-order valence-electron chi connectivity index (χ2n) is 5.86. The van der Waals surface area contributed by atoms with Gasteiger partial charge in [0, 0.05) is 24.7 Å². The molecular formula is C19H23ClN2O. The average molecular weight is 331 g/mol. The highest BCUT2D eigenvalue weighted by molar-refractivity contribution is 6.30. The topological polar surface area (TPSA) is 32.3 Å². The van der Waals surface area contributed by atoms with Gasteiger partial charge in [0.1, 0.15) is 0 Å². The minimum absolute atomic E-state index is 0.0551. The third-order valence-electron chi connectivity index (χ3n) is 3.76. The number of hydrogen-bond acceptors (Lipinski definition) is 1. The molecule has 122 valence electrons. The summed E-state index contributed by atoms with van der Waals surface area (Å²) in [6.45, 7) is 2.60. The normalized spacial score (nSPS) is 11.8. The lowest BCUT2D eigenvalue weighted by molar-refractivity contribution is 0.203. The Morgan fingerprint density at radius 1 is 1.09 bits per heavy atom. The standard InChI is InChI=1S/C19H23ClN2O/c1-15(8-9-16-6-4-3-5-7-16)21-19(23)22(2)14-17-10-12-18(20)13-11-17/h3-7,10-13,15H,8-9,14H2,1-2H3,(H,21,23)/t15-/m0/s1. The first-order chi connectivity index (χ1) is 11.0. The summed E-state index contributed by atoms with van der Waals surface area (Å²) in [6.07, 6.45) is 1.88. The summed E-state index contributed by atoms with van der Waals surface area (Å²) in [7, 11) is 1.80. The summed E-state index contributed by atoms with van der Waals surface area (Å²) in [5.41, 5.74) is 2.35. The van der Waals surface area contributed by atoms with Gasteiger partial charge in [-0.25, -0.2) is 4.79 Å². The molecule has 0 spiro atoms. The van der Waals surface area contributed by atoms with Gasteiger partial charge in [0.2, 0.25) is 0 Å². The molecule has 0 radical (unpaired) electrons. The minimum atomic E-state index is -0.0551. The van der Waals surface area contributed by atoms with E-state index in [1.165, 1.54) is 5.56 Å². The lowest BCUT2D eigenvalue weighted by Gasteiger charge is -2.21. The summed E-state index contributed by atoms with van der Waals surface area (Å²) in [6, 6.07) is 17.9. The Hall–Kier alpha value is -2.00. The van der Waals surface area contributed by atoms with E-state index in [1.807, 2.05) is 49.4 Å². The molecule has 2 aromatic rings. The minimum Gasteiger partial charge on any atom is -0.336 e. The molecule has 2 aromatic carbocycles. The Labute approximate surface area is 143 Å². The number of halogens is 1. The number of carbonyl (C=O) groups is 1. The van der Waals surface area contributed by atoms with Crippen LogP contribution in [0.4, 0.5) is 4.79 Å². The number of carbonyl (C=O) groups excluding carboxylic acids is 1. The summed E-state index contributed by atoms with van der Waals surface area (Å²) in [4.78, 5) is 13.9. The largest absolute Gasteiger partial charge is 0.336 e. The fourth-order valence-electron chi connectivity index (χ4n) is 2.36. The van der Waals surface area contributed by atoms with Crippen LogP contribution in [-0.2, 0) is 13.0 Å². The van der Waals surface area contributed by atoms with Crippen molar-refractivity contribution in [2.75, 3.05) is 7.05 Å². The molecule has 3 nitrogen and oxygen atoms in total. The fraction of sp³-hybridized carbons (Fsp3) is 0.316. The van der Waals surface area contributed by atoms with Gasteiger partial charge in [0.05, 0.1) is 0 Å². The highest BCUT2D eigenvalue weighted by Gasteiger charge is 2.12. The Morgan fingerprint density at radius 2 is 1.74 bits per heavy atom. The van der Waals surface area contributed by atoms with Crippen LogP contribution >= 0.6 is 11.6 Å². The Balaban J connectivity index is 1.77. The summed E-state index contributed by atoms with van der Waals surface area (Å²) < 4.78 is 0. The maximum atomic E-state index is 12.2. The van der Waals surface area contributed by atoms with Crippen molar-refractivity contribution in [3.8, 4) is 0 Å². The molecule has 0 heterocycles. The Morgan fingerprint density at radius 3 is 2.39 bits per heavy atom. The van der Waals surface area contributed by atoms with Gasteiger partial charge in [-0.3, -0.25) is 0 Å². The first kappa shape index (κ1) is 17.4. The van der Waals surface area contributed by atoms with Crippen molar-refractivity contribution in [2.45, 2.75) is 32.4 Å². The van der Waals surface area contributed by atoms with Crippen LogP contribution in [0.15, 0.2) is 54.6 Å². The number of rotatable bonds is 6. The van der Waals surface area contributed by atoms with Gasteiger partial charge >= 0.3 is 6.03 Å². The molecular weight excluding hydrogens is 308 g/mol. The fourth-order valence-corrected chi connectivity index (χ4v) is 2.48. The Kier molecular flexibility index (Phi) is 6.48. The van der Waals surface area contributed by atoms with Gasteiger partial charge in [-0.1, -0.05) is 54.1 Å². The van der Waals surface area contributed by atoms with Crippen LogP contribution in [0, 0.1) is 0 Å². The van der Waals surface area contributed by atoms with E-state index in [0.717, 1.165) is 18.4 Å². The van der Waals surface area contributed by atoms with E-state index in [-0.39, 0.29) is 12.1 Å². The maximum absolute atomic E-state index is 12.2. The lowest BCUT2D eigenvalue weighted by atomic mass is 10.1. The first-order valence-corrected chi connectivity index (χ1v) is 8.22. The molecule has 0 unspecified atom stereocenters. The predicted molar refractivity (Wildman–Crippen MR) is 95.7 cm³/mol. The number of aryl methyl sites for hydroxylation is 1. The van der Waals surface area contributed by atoms with E-state index in [4.69, 9.17) is 11.6 Å². The third-order valence-corrected chi connectivity index (χ3v) is 4.01. The van der Waals surface area contributed by atoms with E-state index in [0.29, 0.717) is 11.6 Å². The predicted octanol–water partition coefficient (Wildman–Crippen LogP) is 4.50. The molecule has 2 amide bonds. The molecule has 1 N–H and O–H groups in total. The maximum Gasteiger partial charge on any atom is 0.317 e. The van der Waals surface area contributed by atoms with Gasteiger partial charge in [0.25, 0.3) is 0 Å². The average Bonchev–Trinajstić information content (AvgIpc) is 2.56. The van der Waals surface area contributed by atoms with Crippen LogP contribution in [0.25, 0.3) is 0 Å². The van der Waals surface area contributed by atoms with Crippen molar-refractivity contribution in [1.82, 2.24) is 10.2 Å². The zero-order valence-corrected chi connectivity index (χ0v) is 14.4. The van der Waals surface area contributed by atoms with E-state index in [9.17, 15) is 4.79 Å². The summed E-state index contributed by atoms with van der Waals surface area (Å²) >= 11 is 5.87. The SMILES string of the molecule is C[C@@H](CCc1ccccc1)NC(=O)N(C)Cc1ccc(Cl)cc1. The summed E-state index contributed by atoms with van der Waals surface area (Å²) in [5.74, 6) is 0. The molecule has 0 aliphatic rings. The van der Waals surface area contributed by atoms with Crippen LogP contribution in [-0.4, -0.2) is 24.0 Å². The van der Waals surface area contributed by atoms with E-state index < -0.39 is 0 Å². The van der Waals surface area contributed by atoms with E-state index in [1.54, 1.807) is 11.9 Å². The molecule has 0 saturated carbocycles. The number of benzene rings is 2. The second-order valence-corrected chi connectivity index (χ2v) is 6.29. The number of urea groups is 1. The van der Waals surface area contributed by atoms with Crippen LogP contribution in [0.1, 0.15) is 24.5 Å². The van der Waals surface area contributed by atoms with Gasteiger partial charge in [-0.05, 0) is 43.0 Å². The van der Waals surface area contributed by atoms with Gasteiger partial charge in [0.15, 0.2) is 0 Å². The van der Waals surface area contributed by atoms with Crippen molar-refractivity contribution in [2.24, 2.45) is 0 Å². The molecule has 0 saturated heterocycles. The first-order valence-electron chi connectivity index (χ1n) is 7.84. The number of hydrogen-bond donors (Lipinski definition) is 1. The van der Waals surface area contributed by atoms with Gasteiger partial charge in [-0.15, -0.1) is 0 Å². The van der Waals surface area contributed by atoms with Crippen LogP contribution in [0.2, 0.25) is 5.02 Å². The van der Waals surface area contributed by atoms with Gasteiger partial charge < -0.3 is 10.2 Å². The third kappa shape index (κ3) is 5.95. The molecule has 0 aliphatic carbocycles. The number of nitrogens with zero attached hydrogens (tertiary/aromatic N) is 1. The quantitative estimate of drug-likeness (QED) is 0.830. The highest BCUT2D eigenvalue weighted by Crippen LogP contribution is 2.11. The molecule has 0 aliphatic heterocycles. The van der Waals surface area contributed by atoms with Crippen LogP contribution in [0.3, 0.4) is 0 Å². The monoisotopic (exact) mass is 330 g/mol. The van der Waals surface area contributed by atoms with Crippen molar-refractivity contribution < 1.29 is 4.79 Å². The Bertz CT molecular complexity index is 613. The molecule has 23 heavy (non-hydrogen) atoms. The summed E-state index contributed by atoms with van der Waals surface area (Å²) in [5, 5.41) is 3.75. The highest BCUT2D eigenvalue weighted by atomic mass is 35.5. The number of amides is 2. The van der Waals surface area contributed by atoms with E-state index >= 15 is 0 Å². The van der Waals surface area contributed by atoms with Crippen molar-refractivity contribution in [1.29, 1.82) is 0 Å². The number of nitrogens with one attached hydrogen (secondary N) is 1. The molecule has 0 bridgehead atoms. The van der Waals surface area contributed by atoms with Gasteiger partial charge in [-0.2, -0.15) is 0 Å². The van der Waals surface area contributed by atoms with Crippen molar-refractivity contribution in [3.63, 3.8) is 0 Å².